The molecule has 1 aliphatic heterocycles. The number of rotatable bonds is 6. The Labute approximate surface area is 129 Å². The van der Waals surface area contributed by atoms with E-state index >= 15 is 0 Å². The summed E-state index contributed by atoms with van der Waals surface area (Å²) in [6.07, 6.45) is 3.35. The van der Waals surface area contributed by atoms with Crippen molar-refractivity contribution in [3.05, 3.63) is 16.4 Å². The zero-order valence-electron chi connectivity index (χ0n) is 12.8. The number of aromatic nitrogens is 2. The first kappa shape index (κ1) is 15.9. The molecule has 3 atom stereocenters. The molecule has 1 aliphatic rings. The molecule has 114 valence electrons. The van der Waals surface area contributed by atoms with Gasteiger partial charge in [-0.25, -0.2) is 0 Å². The van der Waals surface area contributed by atoms with Gasteiger partial charge in [0.15, 0.2) is 0 Å². The van der Waals surface area contributed by atoms with E-state index in [1.807, 2.05) is 13.2 Å². The smallest absolute Gasteiger partial charge is 0.0699 e. The van der Waals surface area contributed by atoms with E-state index < -0.39 is 0 Å². The van der Waals surface area contributed by atoms with Crippen LogP contribution in [0.1, 0.15) is 25.1 Å². The van der Waals surface area contributed by atoms with Crippen molar-refractivity contribution < 1.29 is 4.74 Å². The molecule has 1 N–H and O–H groups in total. The Morgan fingerprint density at radius 3 is 2.90 bits per heavy atom. The van der Waals surface area contributed by atoms with Gasteiger partial charge < -0.3 is 15.0 Å². The highest BCUT2D eigenvalue weighted by molar-refractivity contribution is 9.10. The second kappa shape index (κ2) is 7.02. The fraction of sp³-hybridized carbons (Fsp3) is 0.786. The molecule has 5 nitrogen and oxygen atoms in total. The Balaban J connectivity index is 2.18. The topological polar surface area (TPSA) is 42.3 Å². The Bertz CT molecular complexity index is 435. The average Bonchev–Trinajstić information content (AvgIpc) is 2.97. The van der Waals surface area contributed by atoms with Crippen molar-refractivity contribution in [2.45, 2.75) is 32.0 Å². The lowest BCUT2D eigenvalue weighted by molar-refractivity contribution is 0.116. The minimum atomic E-state index is 0.277. The van der Waals surface area contributed by atoms with Crippen LogP contribution in [-0.2, 0) is 11.3 Å². The van der Waals surface area contributed by atoms with Crippen LogP contribution in [0.2, 0.25) is 0 Å². The maximum absolute atomic E-state index is 5.73. The van der Waals surface area contributed by atoms with Gasteiger partial charge in [-0.1, -0.05) is 0 Å². The summed E-state index contributed by atoms with van der Waals surface area (Å²) in [5, 5.41) is 7.96. The Hall–Kier alpha value is -0.430. The largest absolute Gasteiger partial charge is 0.378 e. The summed E-state index contributed by atoms with van der Waals surface area (Å²) in [4.78, 5) is 2.18. The van der Waals surface area contributed by atoms with Crippen LogP contribution in [-0.4, -0.2) is 55.1 Å². The van der Waals surface area contributed by atoms with Crippen LogP contribution in [0.25, 0.3) is 0 Å². The maximum Gasteiger partial charge on any atom is 0.0699 e. The van der Waals surface area contributed by atoms with Crippen LogP contribution < -0.4 is 5.32 Å². The normalized spacial score (nSPS) is 24.5. The summed E-state index contributed by atoms with van der Waals surface area (Å²) in [5.41, 5.74) is 1.23. The second-order valence-corrected chi connectivity index (χ2v) is 6.66. The first-order valence-corrected chi connectivity index (χ1v) is 7.97. The summed E-state index contributed by atoms with van der Waals surface area (Å²) >= 11 is 3.65. The van der Waals surface area contributed by atoms with Crippen molar-refractivity contribution in [3.8, 4) is 0 Å². The lowest BCUT2D eigenvalue weighted by Gasteiger charge is -2.24. The summed E-state index contributed by atoms with van der Waals surface area (Å²) in [6.45, 7) is 4.84. The van der Waals surface area contributed by atoms with Gasteiger partial charge in [0.25, 0.3) is 0 Å². The number of likely N-dealkylation sites (N-methyl/N-ethyl adjacent to an activating group) is 1. The second-order valence-electron chi connectivity index (χ2n) is 5.81. The van der Waals surface area contributed by atoms with Gasteiger partial charge in [-0.3, -0.25) is 4.68 Å². The molecule has 20 heavy (non-hydrogen) atoms. The van der Waals surface area contributed by atoms with Crippen molar-refractivity contribution in [2.75, 3.05) is 34.3 Å². The molecule has 0 saturated carbocycles. The lowest BCUT2D eigenvalue weighted by Crippen LogP contribution is -2.30. The Morgan fingerprint density at radius 2 is 2.35 bits per heavy atom. The molecule has 1 saturated heterocycles. The molecule has 0 radical (unpaired) electrons. The fourth-order valence-corrected chi connectivity index (χ4v) is 3.38. The summed E-state index contributed by atoms with van der Waals surface area (Å²) < 4.78 is 8.92. The highest BCUT2D eigenvalue weighted by Crippen LogP contribution is 2.34. The molecule has 1 fully saturated rings. The number of ether oxygens (including phenoxy) is 1. The first-order chi connectivity index (χ1) is 9.52. The van der Waals surface area contributed by atoms with Gasteiger partial charge in [-0.15, -0.1) is 0 Å². The number of hydrogen-bond acceptors (Lipinski definition) is 4. The van der Waals surface area contributed by atoms with Crippen molar-refractivity contribution in [2.24, 2.45) is 5.92 Å². The van der Waals surface area contributed by atoms with Crippen molar-refractivity contribution in [1.29, 1.82) is 0 Å². The summed E-state index contributed by atoms with van der Waals surface area (Å²) in [7, 11) is 6.18. The molecule has 6 heteroatoms. The van der Waals surface area contributed by atoms with Crippen LogP contribution in [0.5, 0.6) is 0 Å². The van der Waals surface area contributed by atoms with E-state index in [1.54, 1.807) is 0 Å². The number of halogens is 1. The minimum Gasteiger partial charge on any atom is -0.378 e. The lowest BCUT2D eigenvalue weighted by atomic mass is 9.94. The number of hydrogen-bond donors (Lipinski definition) is 1. The summed E-state index contributed by atoms with van der Waals surface area (Å²) in [5.74, 6) is 0.501. The molecule has 2 heterocycles. The molecule has 1 aromatic heterocycles. The van der Waals surface area contributed by atoms with Crippen LogP contribution in [0.15, 0.2) is 10.7 Å². The van der Waals surface area contributed by atoms with E-state index in [-0.39, 0.29) is 6.04 Å². The van der Waals surface area contributed by atoms with E-state index in [2.05, 4.69) is 56.9 Å². The average molecular weight is 345 g/mol. The van der Waals surface area contributed by atoms with Crippen LogP contribution in [0, 0.1) is 5.92 Å². The third-order valence-electron chi connectivity index (χ3n) is 3.90. The maximum atomic E-state index is 5.73. The summed E-state index contributed by atoms with van der Waals surface area (Å²) in [6, 6.07) is 0.277. The van der Waals surface area contributed by atoms with Gasteiger partial charge in [0, 0.05) is 12.5 Å². The third kappa shape index (κ3) is 3.61. The molecule has 1 aromatic rings. The van der Waals surface area contributed by atoms with Gasteiger partial charge in [-0.2, -0.15) is 5.10 Å². The Kier molecular flexibility index (Phi) is 5.60. The molecule has 2 rings (SSSR count). The standard InChI is InChI=1S/C14H25BrN4O/c1-10-7-11(9-20-10)13(16-2)14-12(15)8-17-19(14)6-5-18(3)4/h8,10-11,13,16H,5-7,9H2,1-4H3. The zero-order valence-corrected chi connectivity index (χ0v) is 14.4. The van der Waals surface area contributed by atoms with Gasteiger partial charge in [0.05, 0.1) is 41.7 Å². The van der Waals surface area contributed by atoms with Crippen molar-refractivity contribution in [1.82, 2.24) is 20.0 Å². The molecule has 3 unspecified atom stereocenters. The SMILES string of the molecule is CNC(c1c(Br)cnn1CCN(C)C)C1COC(C)C1. The molecule has 0 bridgehead atoms. The van der Waals surface area contributed by atoms with Gasteiger partial charge in [0.1, 0.15) is 0 Å². The zero-order chi connectivity index (χ0) is 14.7. The third-order valence-corrected chi connectivity index (χ3v) is 4.51. The fourth-order valence-electron chi connectivity index (χ4n) is 2.83. The molecule has 0 spiro atoms. The minimum absolute atomic E-state index is 0.277. The van der Waals surface area contributed by atoms with E-state index in [0.29, 0.717) is 12.0 Å². The predicted molar refractivity (Wildman–Crippen MR) is 83.8 cm³/mol. The quantitative estimate of drug-likeness (QED) is 0.855. The Morgan fingerprint density at radius 1 is 1.60 bits per heavy atom. The first-order valence-electron chi connectivity index (χ1n) is 7.17. The van der Waals surface area contributed by atoms with Crippen molar-refractivity contribution in [3.63, 3.8) is 0 Å². The molecule has 0 amide bonds. The van der Waals surface area contributed by atoms with Crippen molar-refractivity contribution >= 4 is 15.9 Å². The highest BCUT2D eigenvalue weighted by Gasteiger charge is 2.32. The van der Waals surface area contributed by atoms with Crippen LogP contribution in [0.4, 0.5) is 0 Å². The van der Waals surface area contributed by atoms with E-state index in [4.69, 9.17) is 4.74 Å². The molecule has 0 aliphatic carbocycles. The monoisotopic (exact) mass is 344 g/mol. The van der Waals surface area contributed by atoms with E-state index in [9.17, 15) is 0 Å². The van der Waals surface area contributed by atoms with Gasteiger partial charge >= 0.3 is 0 Å². The predicted octanol–water partition coefficient (Wildman–Crippen LogP) is 1.89. The molecular formula is C14H25BrN4O. The molecular weight excluding hydrogens is 320 g/mol. The highest BCUT2D eigenvalue weighted by atomic mass is 79.9. The van der Waals surface area contributed by atoms with E-state index in [1.165, 1.54) is 5.69 Å². The van der Waals surface area contributed by atoms with Gasteiger partial charge in [-0.05, 0) is 50.4 Å². The molecule has 0 aromatic carbocycles. The van der Waals surface area contributed by atoms with Gasteiger partial charge in [0.2, 0.25) is 0 Å². The number of nitrogens with zero attached hydrogens (tertiary/aromatic N) is 3. The van der Waals surface area contributed by atoms with E-state index in [0.717, 1.165) is 30.6 Å². The van der Waals surface area contributed by atoms with Crippen LogP contribution in [0.3, 0.4) is 0 Å². The number of nitrogens with one attached hydrogen (secondary N) is 1. The van der Waals surface area contributed by atoms with Crippen LogP contribution >= 0.6 is 15.9 Å².